The highest BCUT2D eigenvalue weighted by Gasteiger charge is 2.16. The van der Waals surface area contributed by atoms with Crippen LogP contribution in [0.25, 0.3) is 0 Å². The molecular formula is C15H26N2S. The molecular weight excluding hydrogens is 240 g/mol. The number of hydrogen-bond donors (Lipinski definition) is 2. The van der Waals surface area contributed by atoms with Crippen LogP contribution in [0.5, 0.6) is 0 Å². The molecule has 0 aromatic heterocycles. The van der Waals surface area contributed by atoms with Gasteiger partial charge in [0.15, 0.2) is 0 Å². The van der Waals surface area contributed by atoms with E-state index in [1.165, 1.54) is 16.7 Å². The zero-order chi connectivity index (χ0) is 13.8. The third-order valence-electron chi connectivity index (χ3n) is 2.92. The average Bonchev–Trinajstić information content (AvgIpc) is 2.27. The van der Waals surface area contributed by atoms with Crippen LogP contribution in [0.1, 0.15) is 37.5 Å². The van der Waals surface area contributed by atoms with E-state index in [0.717, 1.165) is 12.2 Å². The lowest BCUT2D eigenvalue weighted by Crippen LogP contribution is -2.39. The first-order valence-corrected chi connectivity index (χ1v) is 7.46. The second kappa shape index (κ2) is 6.60. The Bertz CT molecular complexity index is 383. The Hall–Kier alpha value is -0.510. The lowest BCUT2D eigenvalue weighted by molar-refractivity contribution is 0.572. The number of thioether (sulfide) groups is 1. The summed E-state index contributed by atoms with van der Waals surface area (Å²) < 4.78 is 0.288. The zero-order valence-electron chi connectivity index (χ0n) is 12.2. The predicted molar refractivity (Wildman–Crippen MR) is 82.9 cm³/mol. The maximum Gasteiger partial charge on any atom is 0.0341 e. The van der Waals surface area contributed by atoms with E-state index in [0.29, 0.717) is 6.04 Å². The summed E-state index contributed by atoms with van der Waals surface area (Å²) in [5.74, 6) is 6.71. The molecule has 0 heterocycles. The van der Waals surface area contributed by atoms with Crippen molar-refractivity contribution in [2.24, 2.45) is 5.84 Å². The van der Waals surface area contributed by atoms with E-state index in [9.17, 15) is 0 Å². The molecule has 0 aliphatic heterocycles. The van der Waals surface area contributed by atoms with Crippen LogP contribution >= 0.6 is 11.8 Å². The van der Waals surface area contributed by atoms with Gasteiger partial charge in [0.2, 0.25) is 0 Å². The van der Waals surface area contributed by atoms with E-state index in [1.54, 1.807) is 0 Å². The highest BCUT2D eigenvalue weighted by atomic mass is 32.2. The van der Waals surface area contributed by atoms with Gasteiger partial charge in [-0.2, -0.15) is 11.8 Å². The molecule has 1 aromatic carbocycles. The van der Waals surface area contributed by atoms with E-state index >= 15 is 0 Å². The van der Waals surface area contributed by atoms with Crippen molar-refractivity contribution in [2.45, 2.75) is 51.8 Å². The van der Waals surface area contributed by atoms with Gasteiger partial charge in [0, 0.05) is 16.5 Å². The van der Waals surface area contributed by atoms with E-state index in [4.69, 9.17) is 5.84 Å². The first-order valence-electron chi connectivity index (χ1n) is 6.48. The molecule has 0 aliphatic carbocycles. The number of nitrogens with one attached hydrogen (secondary N) is 1. The molecule has 0 spiro atoms. The maximum atomic E-state index is 5.67. The molecule has 102 valence electrons. The summed E-state index contributed by atoms with van der Waals surface area (Å²) in [6.07, 6.45) is 0.993. The second-order valence-electron chi connectivity index (χ2n) is 5.92. The van der Waals surface area contributed by atoms with Crippen LogP contribution in [-0.4, -0.2) is 16.5 Å². The minimum absolute atomic E-state index is 0.288. The van der Waals surface area contributed by atoms with Crippen molar-refractivity contribution in [3.8, 4) is 0 Å². The number of hydrazine groups is 1. The molecule has 1 rings (SSSR count). The Morgan fingerprint density at radius 3 is 2.50 bits per heavy atom. The summed E-state index contributed by atoms with van der Waals surface area (Å²) in [4.78, 5) is 0. The molecule has 1 atom stereocenters. The van der Waals surface area contributed by atoms with Crippen LogP contribution in [-0.2, 0) is 6.42 Å². The molecule has 3 N–H and O–H groups in total. The number of aryl methyl sites for hydroxylation is 2. The van der Waals surface area contributed by atoms with E-state index in [1.807, 2.05) is 11.8 Å². The van der Waals surface area contributed by atoms with Crippen LogP contribution in [0, 0.1) is 13.8 Å². The normalized spacial score (nSPS) is 13.7. The monoisotopic (exact) mass is 266 g/mol. The molecule has 0 radical (unpaired) electrons. The Morgan fingerprint density at radius 1 is 1.28 bits per heavy atom. The summed E-state index contributed by atoms with van der Waals surface area (Å²) in [7, 11) is 0. The molecule has 3 heteroatoms. The van der Waals surface area contributed by atoms with Crippen molar-refractivity contribution < 1.29 is 0 Å². The van der Waals surface area contributed by atoms with Crippen LogP contribution in [0.2, 0.25) is 0 Å². The topological polar surface area (TPSA) is 38.0 Å². The van der Waals surface area contributed by atoms with Crippen LogP contribution in [0.3, 0.4) is 0 Å². The lowest BCUT2D eigenvalue weighted by atomic mass is 10.00. The summed E-state index contributed by atoms with van der Waals surface area (Å²) in [5, 5.41) is 0. The molecule has 18 heavy (non-hydrogen) atoms. The summed E-state index contributed by atoms with van der Waals surface area (Å²) in [5.41, 5.74) is 7.01. The number of benzene rings is 1. The van der Waals surface area contributed by atoms with E-state index < -0.39 is 0 Å². The van der Waals surface area contributed by atoms with Gasteiger partial charge in [0.1, 0.15) is 0 Å². The summed E-state index contributed by atoms with van der Waals surface area (Å²) in [6, 6.07) is 6.94. The Kier molecular flexibility index (Phi) is 5.70. The summed E-state index contributed by atoms with van der Waals surface area (Å²) >= 11 is 1.95. The SMILES string of the molecule is Cc1ccc(C)c(CC(CSC(C)(C)C)NN)c1. The minimum Gasteiger partial charge on any atom is -0.271 e. The van der Waals surface area contributed by atoms with Gasteiger partial charge in [-0.05, 0) is 31.4 Å². The van der Waals surface area contributed by atoms with Gasteiger partial charge >= 0.3 is 0 Å². The highest BCUT2D eigenvalue weighted by molar-refractivity contribution is 8.00. The van der Waals surface area contributed by atoms with Crippen molar-refractivity contribution in [3.05, 3.63) is 34.9 Å². The van der Waals surface area contributed by atoms with Crippen molar-refractivity contribution in [3.63, 3.8) is 0 Å². The average molecular weight is 266 g/mol. The maximum absolute atomic E-state index is 5.67. The quantitative estimate of drug-likeness (QED) is 0.635. The smallest absolute Gasteiger partial charge is 0.0341 e. The molecule has 1 unspecified atom stereocenters. The molecule has 0 fully saturated rings. The van der Waals surface area contributed by atoms with Gasteiger partial charge in [-0.3, -0.25) is 11.3 Å². The van der Waals surface area contributed by atoms with E-state index in [-0.39, 0.29) is 4.75 Å². The van der Waals surface area contributed by atoms with Gasteiger partial charge in [-0.1, -0.05) is 44.5 Å². The van der Waals surface area contributed by atoms with Gasteiger partial charge in [0.05, 0.1) is 0 Å². The standard InChI is InChI=1S/C15H26N2S/c1-11-6-7-12(2)13(8-11)9-14(17-16)10-18-15(3,4)5/h6-8,14,17H,9-10,16H2,1-5H3. The van der Waals surface area contributed by atoms with Gasteiger partial charge < -0.3 is 0 Å². The van der Waals surface area contributed by atoms with Gasteiger partial charge in [-0.25, -0.2) is 0 Å². The largest absolute Gasteiger partial charge is 0.271 e. The van der Waals surface area contributed by atoms with E-state index in [2.05, 4.69) is 58.2 Å². The van der Waals surface area contributed by atoms with Crippen molar-refractivity contribution in [1.82, 2.24) is 5.43 Å². The molecule has 0 saturated heterocycles. The third-order valence-corrected chi connectivity index (χ3v) is 4.36. The number of hydrogen-bond acceptors (Lipinski definition) is 3. The fraction of sp³-hybridized carbons (Fsp3) is 0.600. The fourth-order valence-electron chi connectivity index (χ4n) is 1.80. The third kappa shape index (κ3) is 5.42. The molecule has 0 amide bonds. The van der Waals surface area contributed by atoms with Crippen LogP contribution in [0.4, 0.5) is 0 Å². The molecule has 0 saturated carbocycles. The van der Waals surface area contributed by atoms with Gasteiger partial charge in [0.25, 0.3) is 0 Å². The van der Waals surface area contributed by atoms with Gasteiger partial charge in [-0.15, -0.1) is 0 Å². The fourth-order valence-corrected chi connectivity index (χ4v) is 2.72. The summed E-state index contributed by atoms with van der Waals surface area (Å²) in [6.45, 7) is 11.0. The number of rotatable bonds is 5. The Labute approximate surface area is 116 Å². The van der Waals surface area contributed by atoms with Crippen LogP contribution in [0.15, 0.2) is 18.2 Å². The van der Waals surface area contributed by atoms with Crippen LogP contribution < -0.4 is 11.3 Å². The lowest BCUT2D eigenvalue weighted by Gasteiger charge is -2.23. The first kappa shape index (κ1) is 15.5. The molecule has 0 aliphatic rings. The molecule has 0 bridgehead atoms. The molecule has 2 nitrogen and oxygen atoms in total. The van der Waals surface area contributed by atoms with Crippen molar-refractivity contribution in [2.75, 3.05) is 5.75 Å². The van der Waals surface area contributed by atoms with Crippen molar-refractivity contribution in [1.29, 1.82) is 0 Å². The predicted octanol–water partition coefficient (Wildman–Crippen LogP) is 3.21. The highest BCUT2D eigenvalue weighted by Crippen LogP contribution is 2.24. The minimum atomic E-state index is 0.288. The second-order valence-corrected chi connectivity index (χ2v) is 7.77. The zero-order valence-corrected chi connectivity index (χ0v) is 13.0. The first-order chi connectivity index (χ1) is 8.31. The van der Waals surface area contributed by atoms with Crippen molar-refractivity contribution >= 4 is 11.8 Å². The number of nitrogens with two attached hydrogens (primary N) is 1. The molecule has 1 aromatic rings. The Morgan fingerprint density at radius 2 is 1.94 bits per heavy atom. The Balaban J connectivity index is 2.65.